The molecule has 2 aromatic rings. The van der Waals surface area contributed by atoms with Crippen LogP contribution in [0.3, 0.4) is 0 Å². The summed E-state index contributed by atoms with van der Waals surface area (Å²) < 4.78 is 5.44. The van der Waals surface area contributed by atoms with Crippen molar-refractivity contribution in [2.24, 2.45) is 11.8 Å². The van der Waals surface area contributed by atoms with E-state index < -0.39 is 0 Å². The van der Waals surface area contributed by atoms with E-state index in [1.54, 1.807) is 6.08 Å². The Morgan fingerprint density at radius 3 is 1.76 bits per heavy atom. The topological polar surface area (TPSA) is 46.6 Å². The maximum absolute atomic E-state index is 13.4. The summed E-state index contributed by atoms with van der Waals surface area (Å²) in [6.45, 7) is 4.63. The minimum absolute atomic E-state index is 0.0960. The maximum Gasteiger partial charge on any atom is 0.234 e. The van der Waals surface area contributed by atoms with Gasteiger partial charge in [-0.2, -0.15) is 0 Å². The Kier molecular flexibility index (Phi) is 5.72. The Balaban J connectivity index is 1.69. The van der Waals surface area contributed by atoms with E-state index >= 15 is 0 Å². The van der Waals surface area contributed by atoms with Crippen molar-refractivity contribution in [3.8, 4) is 0 Å². The summed E-state index contributed by atoms with van der Waals surface area (Å²) in [5.41, 5.74) is 2.13. The van der Waals surface area contributed by atoms with Crippen molar-refractivity contribution in [1.29, 1.82) is 0 Å². The molecule has 0 unspecified atom stereocenters. The number of hydrogen-bond donors (Lipinski definition) is 0. The predicted octanol–water partition coefficient (Wildman–Crippen LogP) is 3.93. The normalized spacial score (nSPS) is 25.9. The monoisotopic (exact) mass is 387 g/mol. The molecule has 4 heteroatoms. The quantitative estimate of drug-likeness (QED) is 0.411. The molecule has 0 aromatic heterocycles. The van der Waals surface area contributed by atoms with Crippen molar-refractivity contribution < 1.29 is 14.3 Å². The Bertz CT molecular complexity index is 839. The number of likely N-dealkylation sites (tertiary alicyclic amines) is 1. The third-order valence-corrected chi connectivity index (χ3v) is 5.85. The van der Waals surface area contributed by atoms with Gasteiger partial charge in [-0.05, 0) is 11.1 Å². The van der Waals surface area contributed by atoms with E-state index in [4.69, 9.17) is 4.74 Å². The first kappa shape index (κ1) is 19.3. The molecule has 2 aliphatic rings. The molecule has 0 saturated carbocycles. The molecule has 1 aliphatic heterocycles. The molecule has 1 heterocycles. The number of imide groups is 1. The number of carbonyl (C=O) groups is 2. The highest BCUT2D eigenvalue weighted by molar-refractivity contribution is 6.06. The SMILES string of the molecule is C=CCOCCN1C(=O)[C@@H]2[C@@H](C1=O)[C@H](c1ccccc1)C=C[C@@H]2c1ccccc1. The second kappa shape index (κ2) is 8.58. The fourth-order valence-corrected chi connectivity index (χ4v) is 4.54. The summed E-state index contributed by atoms with van der Waals surface area (Å²) in [5.74, 6) is -1.17. The van der Waals surface area contributed by atoms with Gasteiger partial charge >= 0.3 is 0 Å². The van der Waals surface area contributed by atoms with Crippen molar-refractivity contribution in [2.75, 3.05) is 19.8 Å². The van der Waals surface area contributed by atoms with Crippen molar-refractivity contribution in [3.63, 3.8) is 0 Å². The van der Waals surface area contributed by atoms with E-state index in [0.29, 0.717) is 13.2 Å². The zero-order valence-electron chi connectivity index (χ0n) is 16.3. The second-order valence-electron chi connectivity index (χ2n) is 7.50. The largest absolute Gasteiger partial charge is 0.376 e. The Hall–Kier alpha value is -2.98. The first-order chi connectivity index (χ1) is 14.2. The summed E-state index contributed by atoms with van der Waals surface area (Å²) in [6, 6.07) is 20.0. The smallest absolute Gasteiger partial charge is 0.234 e. The first-order valence-corrected chi connectivity index (χ1v) is 10.0. The van der Waals surface area contributed by atoms with E-state index in [9.17, 15) is 9.59 Å². The van der Waals surface area contributed by atoms with Gasteiger partial charge in [-0.3, -0.25) is 14.5 Å². The number of rotatable bonds is 7. The van der Waals surface area contributed by atoms with Crippen molar-refractivity contribution in [3.05, 3.63) is 96.6 Å². The van der Waals surface area contributed by atoms with Gasteiger partial charge in [0.15, 0.2) is 0 Å². The van der Waals surface area contributed by atoms with Crippen LogP contribution in [-0.4, -0.2) is 36.5 Å². The van der Waals surface area contributed by atoms with E-state index in [-0.39, 0.29) is 42.0 Å². The highest BCUT2D eigenvalue weighted by atomic mass is 16.5. The Labute approximate surface area is 171 Å². The van der Waals surface area contributed by atoms with Crippen molar-refractivity contribution in [2.45, 2.75) is 11.8 Å². The lowest BCUT2D eigenvalue weighted by Crippen LogP contribution is -2.34. The summed E-state index contributed by atoms with van der Waals surface area (Å²) in [7, 11) is 0. The lowest BCUT2D eigenvalue weighted by Gasteiger charge is -2.32. The van der Waals surface area contributed by atoms with Crippen LogP contribution < -0.4 is 0 Å². The molecule has 0 radical (unpaired) electrons. The number of hydrogen-bond acceptors (Lipinski definition) is 3. The zero-order valence-corrected chi connectivity index (χ0v) is 16.3. The molecule has 0 N–H and O–H groups in total. The molecule has 1 saturated heterocycles. The number of nitrogens with zero attached hydrogens (tertiary/aromatic N) is 1. The van der Waals surface area contributed by atoms with Gasteiger partial charge in [-0.1, -0.05) is 78.9 Å². The van der Waals surface area contributed by atoms with Crippen LogP contribution in [0.1, 0.15) is 23.0 Å². The molecule has 2 aromatic carbocycles. The van der Waals surface area contributed by atoms with Crippen LogP contribution in [0.5, 0.6) is 0 Å². The van der Waals surface area contributed by atoms with E-state index in [2.05, 4.69) is 18.7 Å². The van der Waals surface area contributed by atoms with E-state index in [1.165, 1.54) is 4.90 Å². The highest BCUT2D eigenvalue weighted by Crippen LogP contribution is 2.49. The molecule has 0 bridgehead atoms. The third-order valence-electron chi connectivity index (χ3n) is 5.85. The van der Waals surface area contributed by atoms with Gasteiger partial charge in [0.1, 0.15) is 0 Å². The average molecular weight is 387 g/mol. The van der Waals surface area contributed by atoms with Gasteiger partial charge in [0.2, 0.25) is 11.8 Å². The summed E-state index contributed by atoms with van der Waals surface area (Å²) in [4.78, 5) is 28.1. The van der Waals surface area contributed by atoms with Gasteiger partial charge in [0.05, 0.1) is 31.6 Å². The van der Waals surface area contributed by atoms with Crippen LogP contribution >= 0.6 is 0 Å². The molecule has 4 nitrogen and oxygen atoms in total. The zero-order chi connectivity index (χ0) is 20.2. The molecule has 29 heavy (non-hydrogen) atoms. The number of fused-ring (bicyclic) bond motifs is 1. The average Bonchev–Trinajstić information content (AvgIpc) is 3.02. The Morgan fingerprint density at radius 2 is 1.31 bits per heavy atom. The number of amides is 2. The highest BCUT2D eigenvalue weighted by Gasteiger charge is 2.54. The predicted molar refractivity (Wildman–Crippen MR) is 112 cm³/mol. The van der Waals surface area contributed by atoms with Crippen molar-refractivity contribution >= 4 is 11.8 Å². The van der Waals surface area contributed by atoms with Crippen LogP contribution in [0.4, 0.5) is 0 Å². The molecule has 4 rings (SSSR count). The van der Waals surface area contributed by atoms with Gasteiger partial charge in [-0.15, -0.1) is 6.58 Å². The Morgan fingerprint density at radius 1 is 0.828 bits per heavy atom. The lowest BCUT2D eigenvalue weighted by molar-refractivity contribution is -0.140. The number of ether oxygens (including phenoxy) is 1. The maximum atomic E-state index is 13.4. The molecular weight excluding hydrogens is 362 g/mol. The minimum atomic E-state index is -0.389. The third kappa shape index (κ3) is 3.68. The summed E-state index contributed by atoms with van der Waals surface area (Å²) >= 11 is 0. The molecule has 1 aliphatic carbocycles. The summed E-state index contributed by atoms with van der Waals surface area (Å²) in [5, 5.41) is 0. The van der Waals surface area contributed by atoms with Crippen LogP contribution in [0.15, 0.2) is 85.5 Å². The lowest BCUT2D eigenvalue weighted by atomic mass is 9.68. The fourth-order valence-electron chi connectivity index (χ4n) is 4.54. The molecule has 1 fully saturated rings. The number of allylic oxidation sites excluding steroid dienone is 2. The second-order valence-corrected chi connectivity index (χ2v) is 7.50. The van der Waals surface area contributed by atoms with E-state index in [1.807, 2.05) is 60.7 Å². The minimum Gasteiger partial charge on any atom is -0.376 e. The molecule has 0 spiro atoms. The summed E-state index contributed by atoms with van der Waals surface area (Å²) in [6.07, 6.45) is 5.88. The molecule has 2 amide bonds. The number of carbonyl (C=O) groups excluding carboxylic acids is 2. The standard InChI is InChI=1S/C25H25NO3/c1-2-16-29-17-15-26-24(27)22-20(18-9-5-3-6-10-18)13-14-21(23(22)25(26)28)19-11-7-4-8-12-19/h2-14,20-23H,1,15-17H2/t20-,21+,22-,23-/m0/s1. The van der Waals surface area contributed by atoms with Gasteiger partial charge < -0.3 is 4.74 Å². The fraction of sp³-hybridized carbons (Fsp3) is 0.280. The van der Waals surface area contributed by atoms with Crippen LogP contribution in [0.2, 0.25) is 0 Å². The van der Waals surface area contributed by atoms with E-state index in [0.717, 1.165) is 11.1 Å². The van der Waals surface area contributed by atoms with Gasteiger partial charge in [0, 0.05) is 11.8 Å². The molecule has 148 valence electrons. The van der Waals surface area contributed by atoms with Crippen LogP contribution in [0, 0.1) is 11.8 Å². The van der Waals surface area contributed by atoms with Crippen molar-refractivity contribution in [1.82, 2.24) is 4.90 Å². The van der Waals surface area contributed by atoms with Gasteiger partial charge in [-0.25, -0.2) is 0 Å². The van der Waals surface area contributed by atoms with Crippen LogP contribution in [0.25, 0.3) is 0 Å². The van der Waals surface area contributed by atoms with Crippen LogP contribution in [-0.2, 0) is 14.3 Å². The molecule has 4 atom stereocenters. The first-order valence-electron chi connectivity index (χ1n) is 10.0. The van der Waals surface area contributed by atoms with Gasteiger partial charge in [0.25, 0.3) is 0 Å². The molecular formula is C25H25NO3. The number of benzene rings is 2.